The number of amides is 1. The smallest absolute Gasteiger partial charge is 0.237 e. The second-order valence-corrected chi connectivity index (χ2v) is 5.75. The van der Waals surface area contributed by atoms with Crippen LogP contribution in [-0.4, -0.2) is 28.7 Å². The SMILES string of the molecule is NC(=O)CN(c1nnc(Cl)c2ccccc12)C1CCCC1. The maximum absolute atomic E-state index is 11.4. The van der Waals surface area contributed by atoms with Crippen molar-refractivity contribution in [1.29, 1.82) is 0 Å². The highest BCUT2D eigenvalue weighted by molar-refractivity contribution is 6.34. The molecule has 0 bridgehead atoms. The zero-order chi connectivity index (χ0) is 14.8. The summed E-state index contributed by atoms with van der Waals surface area (Å²) in [6.07, 6.45) is 4.43. The molecule has 1 fully saturated rings. The fourth-order valence-corrected chi connectivity index (χ4v) is 3.23. The summed E-state index contributed by atoms with van der Waals surface area (Å²) in [5, 5.41) is 10.4. The van der Waals surface area contributed by atoms with Crippen LogP contribution in [0, 0.1) is 0 Å². The van der Waals surface area contributed by atoms with Gasteiger partial charge >= 0.3 is 0 Å². The largest absolute Gasteiger partial charge is 0.368 e. The van der Waals surface area contributed by atoms with E-state index in [-0.39, 0.29) is 18.5 Å². The Morgan fingerprint density at radius 3 is 2.57 bits per heavy atom. The van der Waals surface area contributed by atoms with Crippen LogP contribution in [-0.2, 0) is 4.79 Å². The molecule has 3 rings (SSSR count). The molecule has 1 aromatic heterocycles. The molecule has 0 saturated heterocycles. The molecule has 1 saturated carbocycles. The van der Waals surface area contributed by atoms with Crippen LogP contribution in [0.1, 0.15) is 25.7 Å². The number of rotatable bonds is 4. The van der Waals surface area contributed by atoms with E-state index in [0.717, 1.165) is 23.6 Å². The first kappa shape index (κ1) is 14.1. The van der Waals surface area contributed by atoms with Crippen molar-refractivity contribution < 1.29 is 4.79 Å². The Morgan fingerprint density at radius 1 is 1.24 bits per heavy atom. The van der Waals surface area contributed by atoms with Gasteiger partial charge in [-0.1, -0.05) is 48.7 Å². The summed E-state index contributed by atoms with van der Waals surface area (Å²) >= 11 is 6.12. The molecule has 1 heterocycles. The number of aromatic nitrogens is 2. The number of hydrogen-bond acceptors (Lipinski definition) is 4. The van der Waals surface area contributed by atoms with E-state index in [0.29, 0.717) is 11.0 Å². The van der Waals surface area contributed by atoms with E-state index < -0.39 is 0 Å². The van der Waals surface area contributed by atoms with Crippen molar-refractivity contribution in [3.8, 4) is 0 Å². The normalized spacial score (nSPS) is 15.5. The summed E-state index contributed by atoms with van der Waals surface area (Å²) in [6, 6.07) is 7.99. The Kier molecular flexibility index (Phi) is 3.92. The molecule has 6 heteroatoms. The topological polar surface area (TPSA) is 72.1 Å². The molecule has 1 aliphatic carbocycles. The van der Waals surface area contributed by atoms with E-state index in [1.165, 1.54) is 12.8 Å². The van der Waals surface area contributed by atoms with E-state index in [9.17, 15) is 4.79 Å². The van der Waals surface area contributed by atoms with Crippen LogP contribution < -0.4 is 10.6 Å². The van der Waals surface area contributed by atoms with Crippen molar-refractivity contribution in [2.24, 2.45) is 5.73 Å². The van der Waals surface area contributed by atoms with E-state index in [1.807, 2.05) is 29.2 Å². The number of halogens is 1. The summed E-state index contributed by atoms with van der Waals surface area (Å²) in [7, 11) is 0. The third-order valence-electron chi connectivity index (χ3n) is 3.99. The first-order valence-corrected chi connectivity index (χ1v) is 7.50. The minimum absolute atomic E-state index is 0.158. The third kappa shape index (κ3) is 2.78. The van der Waals surface area contributed by atoms with Gasteiger partial charge in [-0.05, 0) is 12.8 Å². The molecule has 21 heavy (non-hydrogen) atoms. The third-order valence-corrected chi connectivity index (χ3v) is 4.27. The number of carbonyl (C=O) groups is 1. The number of nitrogens with two attached hydrogens (primary N) is 1. The first-order valence-electron chi connectivity index (χ1n) is 7.12. The van der Waals surface area contributed by atoms with E-state index in [2.05, 4.69) is 10.2 Å². The Morgan fingerprint density at radius 2 is 1.90 bits per heavy atom. The van der Waals surface area contributed by atoms with Crippen molar-refractivity contribution in [3.05, 3.63) is 29.4 Å². The van der Waals surface area contributed by atoms with Gasteiger partial charge < -0.3 is 10.6 Å². The molecule has 2 aromatic rings. The highest BCUT2D eigenvalue weighted by atomic mass is 35.5. The van der Waals surface area contributed by atoms with Gasteiger partial charge in [0.2, 0.25) is 5.91 Å². The van der Waals surface area contributed by atoms with Crippen LogP contribution in [0.5, 0.6) is 0 Å². The second-order valence-electron chi connectivity index (χ2n) is 5.39. The van der Waals surface area contributed by atoms with Crippen molar-refractivity contribution >= 4 is 34.1 Å². The van der Waals surface area contributed by atoms with Gasteiger partial charge in [0, 0.05) is 16.8 Å². The zero-order valence-electron chi connectivity index (χ0n) is 11.6. The van der Waals surface area contributed by atoms with Crippen molar-refractivity contribution in [1.82, 2.24) is 10.2 Å². The Bertz CT molecular complexity index is 670. The number of primary amides is 1. The Hall–Kier alpha value is -1.88. The first-order chi connectivity index (χ1) is 10.2. The lowest BCUT2D eigenvalue weighted by Gasteiger charge is -2.29. The van der Waals surface area contributed by atoms with Gasteiger partial charge in [-0.25, -0.2) is 0 Å². The van der Waals surface area contributed by atoms with Crippen LogP contribution in [0.25, 0.3) is 10.8 Å². The molecule has 110 valence electrons. The van der Waals surface area contributed by atoms with E-state index in [4.69, 9.17) is 17.3 Å². The second kappa shape index (κ2) is 5.85. The Balaban J connectivity index is 2.10. The average Bonchev–Trinajstić information content (AvgIpc) is 3.00. The molecule has 5 nitrogen and oxygen atoms in total. The zero-order valence-corrected chi connectivity index (χ0v) is 12.4. The van der Waals surface area contributed by atoms with Gasteiger partial charge in [0.1, 0.15) is 0 Å². The molecule has 0 unspecified atom stereocenters. The van der Waals surface area contributed by atoms with Gasteiger partial charge in [0.15, 0.2) is 11.0 Å². The summed E-state index contributed by atoms with van der Waals surface area (Å²) in [6.45, 7) is 0.158. The Labute approximate surface area is 128 Å². The molecule has 2 N–H and O–H groups in total. The van der Waals surface area contributed by atoms with E-state index in [1.54, 1.807) is 0 Å². The maximum atomic E-state index is 11.4. The van der Waals surface area contributed by atoms with Crippen LogP contribution in [0.3, 0.4) is 0 Å². The van der Waals surface area contributed by atoms with Crippen LogP contribution in [0.2, 0.25) is 5.15 Å². The monoisotopic (exact) mass is 304 g/mol. The van der Waals surface area contributed by atoms with Crippen LogP contribution in [0.4, 0.5) is 5.82 Å². The van der Waals surface area contributed by atoms with Gasteiger partial charge in [-0.15, -0.1) is 10.2 Å². The summed E-state index contributed by atoms with van der Waals surface area (Å²) in [5.74, 6) is 0.337. The summed E-state index contributed by atoms with van der Waals surface area (Å²) in [4.78, 5) is 13.4. The minimum Gasteiger partial charge on any atom is -0.368 e. The molecule has 0 atom stereocenters. The lowest BCUT2D eigenvalue weighted by molar-refractivity contribution is -0.116. The molecule has 0 radical (unpaired) electrons. The molecule has 1 aromatic carbocycles. The fourth-order valence-electron chi connectivity index (χ4n) is 3.03. The number of fused-ring (bicyclic) bond motifs is 1. The van der Waals surface area contributed by atoms with Gasteiger partial charge in [-0.2, -0.15) is 0 Å². The number of nitrogens with zero attached hydrogens (tertiary/aromatic N) is 3. The standard InChI is InChI=1S/C15H17ClN4O/c16-14-11-7-3-4-8-12(11)15(19-18-14)20(9-13(17)21)10-5-1-2-6-10/h3-4,7-8,10H,1-2,5-6,9H2,(H2,17,21). The van der Waals surface area contributed by atoms with Crippen LogP contribution >= 0.6 is 11.6 Å². The average molecular weight is 305 g/mol. The maximum Gasteiger partial charge on any atom is 0.237 e. The highest BCUT2D eigenvalue weighted by Crippen LogP contribution is 2.32. The number of benzene rings is 1. The number of anilines is 1. The predicted molar refractivity (Wildman–Crippen MR) is 83.3 cm³/mol. The van der Waals surface area contributed by atoms with Crippen molar-refractivity contribution in [2.45, 2.75) is 31.7 Å². The highest BCUT2D eigenvalue weighted by Gasteiger charge is 2.26. The molecule has 1 aliphatic rings. The minimum atomic E-state index is -0.359. The summed E-state index contributed by atoms with van der Waals surface area (Å²) < 4.78 is 0. The summed E-state index contributed by atoms with van der Waals surface area (Å²) in [5.41, 5.74) is 5.42. The molecule has 0 aliphatic heterocycles. The fraction of sp³-hybridized carbons (Fsp3) is 0.400. The molecular weight excluding hydrogens is 288 g/mol. The molecule has 1 amide bonds. The van der Waals surface area contributed by atoms with Gasteiger partial charge in [0.05, 0.1) is 6.54 Å². The predicted octanol–water partition coefficient (Wildman–Crippen LogP) is 2.52. The van der Waals surface area contributed by atoms with Gasteiger partial charge in [-0.3, -0.25) is 4.79 Å². The molecular formula is C15H17ClN4O. The lowest BCUT2D eigenvalue weighted by Crippen LogP contribution is -2.41. The number of carbonyl (C=O) groups excluding carboxylic acids is 1. The molecule has 0 spiro atoms. The van der Waals surface area contributed by atoms with Crippen LogP contribution in [0.15, 0.2) is 24.3 Å². The lowest BCUT2D eigenvalue weighted by atomic mass is 10.1. The van der Waals surface area contributed by atoms with E-state index >= 15 is 0 Å². The number of hydrogen-bond donors (Lipinski definition) is 1. The van der Waals surface area contributed by atoms with Crippen molar-refractivity contribution in [2.75, 3.05) is 11.4 Å². The van der Waals surface area contributed by atoms with Gasteiger partial charge in [0.25, 0.3) is 0 Å². The van der Waals surface area contributed by atoms with Crippen molar-refractivity contribution in [3.63, 3.8) is 0 Å². The quantitative estimate of drug-likeness (QED) is 0.942.